The number of nitrogens with one attached hydrogen (secondary N) is 1. The molecule has 1 amide bonds. The molecular weight excluding hydrogens is 612 g/mol. The van der Waals surface area contributed by atoms with Crippen molar-refractivity contribution in [1.82, 2.24) is 4.72 Å². The van der Waals surface area contributed by atoms with Crippen molar-refractivity contribution in [3.05, 3.63) is 70.3 Å². The highest BCUT2D eigenvalue weighted by molar-refractivity contribution is 7.90. The highest BCUT2D eigenvalue weighted by atomic mass is 35.5. The number of benzene rings is 2. The van der Waals surface area contributed by atoms with Gasteiger partial charge in [-0.3, -0.25) is 4.79 Å². The van der Waals surface area contributed by atoms with Gasteiger partial charge in [0.25, 0.3) is 5.91 Å². The summed E-state index contributed by atoms with van der Waals surface area (Å²) in [5, 5.41) is 0.0266. The zero-order valence-electron chi connectivity index (χ0n) is 26.0. The minimum atomic E-state index is -3.96. The van der Waals surface area contributed by atoms with Crippen molar-refractivity contribution >= 4 is 33.2 Å². The van der Waals surface area contributed by atoms with Crippen molar-refractivity contribution in [1.29, 1.82) is 0 Å². The maximum Gasteiger partial charge on any atom is 0.264 e. The molecule has 2 bridgehead atoms. The van der Waals surface area contributed by atoms with Gasteiger partial charge in [-0.05, 0) is 111 Å². The molecule has 10 heteroatoms. The zero-order chi connectivity index (χ0) is 31.3. The van der Waals surface area contributed by atoms with Gasteiger partial charge in [-0.15, -0.1) is 0 Å². The first-order valence-corrected chi connectivity index (χ1v) is 18.2. The SMILES string of the molecule is CO[C@@H]1C[C@H]2C/C=C\[C@H](OC)[C@@H]3CC[C@H]3CN3C[C@@]4(CCCc5cc(Cl)ccc54)COc4ccc(cc43)C(=O)NS(=O)(=O)[C@@H]2C1. The Morgan fingerprint density at radius 1 is 1.07 bits per heavy atom. The Bertz CT molecular complexity index is 1600. The van der Waals surface area contributed by atoms with Gasteiger partial charge in [-0.2, -0.15) is 0 Å². The summed E-state index contributed by atoms with van der Waals surface area (Å²) >= 11 is 6.42. The van der Waals surface area contributed by atoms with Gasteiger partial charge in [-0.25, -0.2) is 13.1 Å². The standard InChI is InChI=1S/C35H43ClN2O6S/c1-42-27-16-23-5-3-7-31(43-2)28-11-8-25(28)19-38-20-35(14-4-6-22-15-26(36)10-12-29(22)35)21-44-32-13-9-24(17-30(32)38)34(39)37-45(40,41)33(23)18-27/h3,7,9-10,12-13,15,17,23,25,27-28,31,33H,4-6,8,11,14,16,18-21H2,1-2H3,(H,37,39)/b7-3-/t23-,25+,27-,28-,31+,33-,35+/m1/s1. The van der Waals surface area contributed by atoms with Gasteiger partial charge in [0.2, 0.25) is 10.0 Å². The van der Waals surface area contributed by atoms with Gasteiger partial charge in [0.1, 0.15) is 5.75 Å². The summed E-state index contributed by atoms with van der Waals surface area (Å²) < 4.78 is 48.0. The molecule has 1 N–H and O–H groups in total. The van der Waals surface area contributed by atoms with Crippen LogP contribution in [-0.4, -0.2) is 65.7 Å². The number of hydrogen-bond donors (Lipinski definition) is 1. The highest BCUT2D eigenvalue weighted by Gasteiger charge is 2.46. The molecule has 5 aliphatic rings. The third-order valence-corrected chi connectivity index (χ3v) is 13.3. The summed E-state index contributed by atoms with van der Waals surface area (Å²) in [6.07, 6.45) is 10.8. The van der Waals surface area contributed by atoms with Crippen LogP contribution in [0.5, 0.6) is 5.75 Å². The van der Waals surface area contributed by atoms with Crippen LogP contribution >= 0.6 is 11.6 Å². The minimum absolute atomic E-state index is 0.0495. The number of nitrogens with zero attached hydrogens (tertiary/aromatic N) is 1. The van der Waals surface area contributed by atoms with Crippen molar-refractivity contribution < 1.29 is 27.4 Å². The molecule has 2 fully saturated rings. The predicted molar refractivity (Wildman–Crippen MR) is 175 cm³/mol. The molecule has 45 heavy (non-hydrogen) atoms. The van der Waals surface area contributed by atoms with E-state index in [9.17, 15) is 13.2 Å². The summed E-state index contributed by atoms with van der Waals surface area (Å²) in [7, 11) is -0.573. The monoisotopic (exact) mass is 654 g/mol. The number of anilines is 1. The van der Waals surface area contributed by atoms with Gasteiger partial charge >= 0.3 is 0 Å². The Morgan fingerprint density at radius 3 is 2.71 bits per heavy atom. The third-order valence-electron chi connectivity index (χ3n) is 11.2. The number of carbonyl (C=O) groups excluding carboxylic acids is 1. The third kappa shape index (κ3) is 5.79. The van der Waals surface area contributed by atoms with Gasteiger partial charge in [0.15, 0.2) is 0 Å². The summed E-state index contributed by atoms with van der Waals surface area (Å²) in [6.45, 7) is 2.05. The Hall–Kier alpha value is -2.59. The number of allylic oxidation sites excluding steroid dienone is 1. The van der Waals surface area contributed by atoms with Crippen LogP contribution in [0, 0.1) is 17.8 Å². The first-order chi connectivity index (χ1) is 21.7. The van der Waals surface area contributed by atoms with Gasteiger partial charge in [0.05, 0.1) is 29.8 Å². The normalized spacial score (nSPS) is 34.7. The minimum Gasteiger partial charge on any atom is -0.490 e. The first-order valence-electron chi connectivity index (χ1n) is 16.3. The van der Waals surface area contributed by atoms with Crippen molar-refractivity contribution in [2.75, 3.05) is 38.8 Å². The average molecular weight is 655 g/mol. The van der Waals surface area contributed by atoms with Crippen LogP contribution in [0.4, 0.5) is 5.69 Å². The number of rotatable bonds is 2. The maximum atomic E-state index is 13.7. The molecule has 2 aliphatic heterocycles. The zero-order valence-corrected chi connectivity index (χ0v) is 27.6. The lowest BCUT2D eigenvalue weighted by Crippen LogP contribution is -2.49. The van der Waals surface area contributed by atoms with E-state index in [4.69, 9.17) is 25.8 Å². The second-order valence-electron chi connectivity index (χ2n) is 13.8. The van der Waals surface area contributed by atoms with Crippen molar-refractivity contribution in [3.63, 3.8) is 0 Å². The second kappa shape index (κ2) is 12.2. The summed E-state index contributed by atoms with van der Waals surface area (Å²) in [4.78, 5) is 16.0. The van der Waals surface area contributed by atoms with E-state index in [1.807, 2.05) is 18.2 Å². The number of sulfonamides is 1. The Labute approximate surface area is 271 Å². The molecule has 8 nitrogen and oxygen atoms in total. The average Bonchev–Trinajstić information content (AvgIpc) is 3.38. The van der Waals surface area contributed by atoms with Crippen LogP contribution in [0.25, 0.3) is 0 Å². The Kier molecular flexibility index (Phi) is 8.42. The molecule has 1 spiro atoms. The number of aryl methyl sites for hydroxylation is 1. The summed E-state index contributed by atoms with van der Waals surface area (Å²) in [6, 6.07) is 11.6. The van der Waals surface area contributed by atoms with E-state index >= 15 is 0 Å². The van der Waals surface area contributed by atoms with Crippen LogP contribution in [-0.2, 0) is 31.3 Å². The van der Waals surface area contributed by atoms with Crippen LogP contribution in [0.2, 0.25) is 5.02 Å². The van der Waals surface area contributed by atoms with Crippen LogP contribution < -0.4 is 14.4 Å². The smallest absolute Gasteiger partial charge is 0.264 e. The van der Waals surface area contributed by atoms with Crippen LogP contribution in [0.15, 0.2) is 48.6 Å². The quantitative estimate of drug-likeness (QED) is 0.417. The van der Waals surface area contributed by atoms with Gasteiger partial charge in [-0.1, -0.05) is 29.8 Å². The van der Waals surface area contributed by atoms with Gasteiger partial charge < -0.3 is 19.1 Å². The molecule has 242 valence electrons. The predicted octanol–water partition coefficient (Wildman–Crippen LogP) is 5.67. The Balaban J connectivity index is 1.29. The molecule has 0 radical (unpaired) electrons. The fourth-order valence-electron chi connectivity index (χ4n) is 8.70. The van der Waals surface area contributed by atoms with Crippen molar-refractivity contribution in [2.24, 2.45) is 17.8 Å². The molecule has 0 unspecified atom stereocenters. The maximum absolute atomic E-state index is 13.7. The number of methoxy groups -OCH3 is 2. The second-order valence-corrected chi connectivity index (χ2v) is 16.1. The molecule has 3 aliphatic carbocycles. The van der Waals surface area contributed by atoms with Crippen molar-refractivity contribution in [3.8, 4) is 5.75 Å². The molecule has 7 rings (SSSR count). The number of ether oxygens (including phenoxy) is 3. The first kappa shape index (κ1) is 31.0. The topological polar surface area (TPSA) is 94.2 Å². The van der Waals surface area contributed by atoms with E-state index in [1.54, 1.807) is 20.3 Å². The van der Waals surface area contributed by atoms with Crippen molar-refractivity contribution in [2.45, 2.75) is 74.2 Å². The van der Waals surface area contributed by atoms with E-state index in [-0.39, 0.29) is 23.5 Å². The molecule has 2 heterocycles. The molecule has 0 aromatic heterocycles. The number of carbonyl (C=O) groups is 1. The number of halogens is 1. The fourth-order valence-corrected chi connectivity index (χ4v) is 10.6. The van der Waals surface area contributed by atoms with E-state index in [2.05, 4.69) is 33.9 Å². The Morgan fingerprint density at radius 2 is 1.93 bits per heavy atom. The fraction of sp³-hybridized carbons (Fsp3) is 0.571. The van der Waals surface area contributed by atoms with E-state index in [1.165, 1.54) is 11.1 Å². The lowest BCUT2D eigenvalue weighted by atomic mass is 9.68. The van der Waals surface area contributed by atoms with Gasteiger partial charge in [0, 0.05) is 43.3 Å². The molecule has 0 saturated heterocycles. The lowest BCUT2D eigenvalue weighted by molar-refractivity contribution is 0.0131. The van der Waals surface area contributed by atoms with Crippen LogP contribution in [0.3, 0.4) is 0 Å². The molecule has 2 aromatic carbocycles. The largest absolute Gasteiger partial charge is 0.490 e. The van der Waals surface area contributed by atoms with E-state index in [0.29, 0.717) is 49.0 Å². The number of amides is 1. The molecule has 7 atom stereocenters. The molecule has 2 aromatic rings. The van der Waals surface area contributed by atoms with E-state index in [0.717, 1.165) is 55.9 Å². The number of hydrogen-bond acceptors (Lipinski definition) is 7. The van der Waals surface area contributed by atoms with E-state index < -0.39 is 21.2 Å². The summed E-state index contributed by atoms with van der Waals surface area (Å²) in [5.74, 6) is 0.698. The molecular formula is C35H43ClN2O6S. The lowest BCUT2D eigenvalue weighted by Gasteiger charge is -2.46. The highest BCUT2D eigenvalue weighted by Crippen LogP contribution is 2.47. The van der Waals surface area contributed by atoms with Crippen LogP contribution in [0.1, 0.15) is 66.4 Å². The number of fused-ring (bicyclic) bond motifs is 5. The summed E-state index contributed by atoms with van der Waals surface area (Å²) in [5.41, 5.74) is 3.46. The molecule has 2 saturated carbocycles.